The van der Waals surface area contributed by atoms with Gasteiger partial charge in [-0.1, -0.05) is 11.6 Å². The lowest BCUT2D eigenvalue weighted by molar-refractivity contribution is -0.142. The second-order valence-electron chi connectivity index (χ2n) is 10.4. The lowest BCUT2D eigenvalue weighted by atomic mass is 9.57. The van der Waals surface area contributed by atoms with Crippen molar-refractivity contribution in [2.45, 2.75) is 37.5 Å². The summed E-state index contributed by atoms with van der Waals surface area (Å²) in [6.45, 7) is 3.74. The SMILES string of the molecule is FC1(CN2Cc3cc(Cl)ccc3-n3c(nnc3C3CC4(C3)CN(c3ncccn3)C4)C2)COC1. The van der Waals surface area contributed by atoms with Crippen molar-refractivity contribution in [1.29, 1.82) is 0 Å². The number of ether oxygens (including phenoxy) is 1. The van der Waals surface area contributed by atoms with Crippen molar-refractivity contribution in [3.63, 3.8) is 0 Å². The molecule has 3 aliphatic heterocycles. The van der Waals surface area contributed by atoms with Crippen LogP contribution in [0, 0.1) is 5.41 Å². The molecule has 0 radical (unpaired) electrons. The minimum atomic E-state index is -1.30. The molecule has 5 heterocycles. The number of hydrogen-bond donors (Lipinski definition) is 0. The molecule has 0 unspecified atom stereocenters. The molecule has 0 amide bonds. The van der Waals surface area contributed by atoms with Gasteiger partial charge in [-0.25, -0.2) is 14.4 Å². The first-order valence-electron chi connectivity index (χ1n) is 11.7. The molecule has 4 aliphatic rings. The fourth-order valence-electron chi connectivity index (χ4n) is 6.07. The van der Waals surface area contributed by atoms with Crippen LogP contribution in [0.5, 0.6) is 0 Å². The van der Waals surface area contributed by atoms with Crippen LogP contribution >= 0.6 is 11.6 Å². The average molecular weight is 482 g/mol. The summed E-state index contributed by atoms with van der Waals surface area (Å²) >= 11 is 6.35. The summed E-state index contributed by atoms with van der Waals surface area (Å²) in [5.74, 6) is 3.01. The number of nitrogens with zero attached hydrogens (tertiary/aromatic N) is 7. The number of rotatable bonds is 4. The van der Waals surface area contributed by atoms with Gasteiger partial charge in [-0.3, -0.25) is 9.47 Å². The number of benzene rings is 1. The van der Waals surface area contributed by atoms with Gasteiger partial charge in [-0.2, -0.15) is 0 Å². The van der Waals surface area contributed by atoms with Crippen molar-refractivity contribution < 1.29 is 9.13 Å². The van der Waals surface area contributed by atoms with Gasteiger partial charge in [0.05, 0.1) is 25.4 Å². The van der Waals surface area contributed by atoms with Gasteiger partial charge >= 0.3 is 0 Å². The largest absolute Gasteiger partial charge is 0.375 e. The minimum absolute atomic E-state index is 0.152. The van der Waals surface area contributed by atoms with E-state index in [1.54, 1.807) is 12.4 Å². The molecule has 34 heavy (non-hydrogen) atoms. The molecule has 1 saturated carbocycles. The molecule has 176 valence electrons. The Hall–Kier alpha value is -2.62. The maximum atomic E-state index is 14.9. The van der Waals surface area contributed by atoms with E-state index in [9.17, 15) is 4.39 Å². The molecule has 0 atom stereocenters. The number of aromatic nitrogens is 5. The fourth-order valence-corrected chi connectivity index (χ4v) is 6.26. The topological polar surface area (TPSA) is 72.2 Å². The molecule has 1 aliphatic carbocycles. The van der Waals surface area contributed by atoms with Crippen molar-refractivity contribution in [2.24, 2.45) is 5.41 Å². The summed E-state index contributed by atoms with van der Waals surface area (Å²) in [5.41, 5.74) is 1.13. The Morgan fingerprint density at radius 2 is 1.88 bits per heavy atom. The minimum Gasteiger partial charge on any atom is -0.375 e. The highest BCUT2D eigenvalue weighted by Crippen LogP contribution is 2.56. The van der Waals surface area contributed by atoms with Gasteiger partial charge in [0.15, 0.2) is 11.5 Å². The van der Waals surface area contributed by atoms with Crippen molar-refractivity contribution in [3.05, 3.63) is 58.9 Å². The van der Waals surface area contributed by atoms with Gasteiger partial charge in [0.25, 0.3) is 0 Å². The summed E-state index contributed by atoms with van der Waals surface area (Å²) in [6, 6.07) is 7.78. The first kappa shape index (κ1) is 20.7. The Bertz CT molecular complexity index is 1230. The van der Waals surface area contributed by atoms with E-state index in [0.717, 1.165) is 54.8 Å². The summed E-state index contributed by atoms with van der Waals surface area (Å²) in [7, 11) is 0. The standard InChI is InChI=1S/C24H25ClFN7O/c25-18-2-3-19-16(6-18)9-31(13-24(26)14-34-15-24)10-20-29-30-21(33(19)20)17-7-23(8-17)11-32(12-23)22-27-4-1-5-28-22/h1-6,17H,7-15H2. The summed E-state index contributed by atoms with van der Waals surface area (Å²) in [5, 5.41) is 9.90. The monoisotopic (exact) mass is 481 g/mol. The van der Waals surface area contributed by atoms with E-state index in [2.05, 4.69) is 34.5 Å². The molecule has 10 heteroatoms. The molecule has 2 aromatic heterocycles. The van der Waals surface area contributed by atoms with Crippen LogP contribution in [0.15, 0.2) is 36.7 Å². The van der Waals surface area contributed by atoms with Crippen LogP contribution in [0.25, 0.3) is 5.69 Å². The zero-order chi connectivity index (χ0) is 22.9. The van der Waals surface area contributed by atoms with E-state index in [1.165, 1.54) is 0 Å². The van der Waals surface area contributed by atoms with E-state index in [-0.39, 0.29) is 13.2 Å². The third-order valence-electron chi connectivity index (χ3n) is 7.64. The van der Waals surface area contributed by atoms with Gasteiger partial charge in [-0.05, 0) is 42.7 Å². The van der Waals surface area contributed by atoms with Crippen LogP contribution in [0.3, 0.4) is 0 Å². The molecule has 8 nitrogen and oxygen atoms in total. The van der Waals surface area contributed by atoms with E-state index in [0.29, 0.717) is 36.0 Å². The highest BCUT2D eigenvalue weighted by Gasteiger charge is 2.55. The molecule has 3 aromatic rings. The summed E-state index contributed by atoms with van der Waals surface area (Å²) in [4.78, 5) is 13.1. The molecule has 1 spiro atoms. The van der Waals surface area contributed by atoms with Crippen LogP contribution in [0.4, 0.5) is 10.3 Å². The molecule has 1 aromatic carbocycles. The molecule has 0 bridgehead atoms. The van der Waals surface area contributed by atoms with Gasteiger partial charge in [0.1, 0.15) is 5.82 Å². The maximum absolute atomic E-state index is 14.9. The normalized spacial score (nSPS) is 22.8. The highest BCUT2D eigenvalue weighted by atomic mass is 35.5. The van der Waals surface area contributed by atoms with Crippen LogP contribution in [0.2, 0.25) is 5.02 Å². The van der Waals surface area contributed by atoms with Crippen molar-refractivity contribution in [1.82, 2.24) is 29.6 Å². The van der Waals surface area contributed by atoms with Gasteiger partial charge < -0.3 is 9.64 Å². The number of anilines is 1. The van der Waals surface area contributed by atoms with E-state index in [4.69, 9.17) is 16.3 Å². The number of hydrogen-bond acceptors (Lipinski definition) is 7. The zero-order valence-electron chi connectivity index (χ0n) is 18.7. The number of alkyl halides is 1. The summed E-state index contributed by atoms with van der Waals surface area (Å²) < 4.78 is 22.2. The summed E-state index contributed by atoms with van der Waals surface area (Å²) in [6.07, 6.45) is 5.73. The Morgan fingerprint density at radius 3 is 2.62 bits per heavy atom. The zero-order valence-corrected chi connectivity index (χ0v) is 19.5. The van der Waals surface area contributed by atoms with Crippen molar-refractivity contribution in [3.8, 4) is 5.69 Å². The van der Waals surface area contributed by atoms with Crippen molar-refractivity contribution in [2.75, 3.05) is 37.7 Å². The second kappa shape index (κ2) is 7.44. The van der Waals surface area contributed by atoms with Crippen LogP contribution in [-0.4, -0.2) is 68.1 Å². The fraction of sp³-hybridized carbons (Fsp3) is 0.500. The number of fused-ring (bicyclic) bond motifs is 3. The smallest absolute Gasteiger partial charge is 0.225 e. The first-order valence-corrected chi connectivity index (χ1v) is 12.1. The Balaban J connectivity index is 1.14. The van der Waals surface area contributed by atoms with Crippen LogP contribution in [0.1, 0.15) is 36.0 Å². The van der Waals surface area contributed by atoms with Gasteiger partial charge in [0, 0.05) is 54.9 Å². The Morgan fingerprint density at radius 1 is 1.09 bits per heavy atom. The Kier molecular flexibility index (Phi) is 4.53. The molecule has 0 N–H and O–H groups in total. The van der Waals surface area contributed by atoms with Crippen molar-refractivity contribution >= 4 is 17.5 Å². The predicted octanol–water partition coefficient (Wildman–Crippen LogP) is 3.15. The quantitative estimate of drug-likeness (QED) is 0.566. The van der Waals surface area contributed by atoms with E-state index in [1.807, 2.05) is 24.3 Å². The maximum Gasteiger partial charge on any atom is 0.225 e. The average Bonchev–Trinajstić information content (AvgIpc) is 3.07. The first-order chi connectivity index (χ1) is 16.5. The lowest BCUT2D eigenvalue weighted by Crippen LogP contribution is -2.62. The van der Waals surface area contributed by atoms with Crippen LogP contribution in [-0.2, 0) is 17.8 Å². The molecule has 2 saturated heterocycles. The van der Waals surface area contributed by atoms with Gasteiger partial charge in [0.2, 0.25) is 5.95 Å². The van der Waals surface area contributed by atoms with E-state index < -0.39 is 5.67 Å². The van der Waals surface area contributed by atoms with E-state index >= 15 is 0 Å². The molecule has 3 fully saturated rings. The Labute approximate surface area is 201 Å². The molecular formula is C24H25ClFN7O. The third kappa shape index (κ3) is 3.32. The molecule has 7 rings (SSSR count). The van der Waals surface area contributed by atoms with Crippen LogP contribution < -0.4 is 4.90 Å². The van der Waals surface area contributed by atoms with Gasteiger partial charge in [-0.15, -0.1) is 10.2 Å². The lowest BCUT2D eigenvalue weighted by Gasteiger charge is -2.58. The highest BCUT2D eigenvalue weighted by molar-refractivity contribution is 6.30. The third-order valence-corrected chi connectivity index (χ3v) is 7.87. The number of halogens is 2. The predicted molar refractivity (Wildman–Crippen MR) is 124 cm³/mol. The second-order valence-corrected chi connectivity index (χ2v) is 10.8. The molecular weight excluding hydrogens is 457 g/mol.